The summed E-state index contributed by atoms with van der Waals surface area (Å²) in [5.41, 5.74) is 3.79. The molecule has 2 aromatic carbocycles. The molecule has 1 aliphatic heterocycles. The lowest BCUT2D eigenvalue weighted by atomic mass is 9.99. The second-order valence-corrected chi connectivity index (χ2v) is 13.8. The Kier molecular flexibility index (Phi) is 4.91. The molecular weight excluding hydrogens is 368 g/mol. The van der Waals surface area contributed by atoms with E-state index in [2.05, 4.69) is 19.6 Å². The van der Waals surface area contributed by atoms with Crippen molar-refractivity contribution in [1.29, 1.82) is 0 Å². The average Bonchev–Trinajstić information content (AvgIpc) is 2.97. The quantitative estimate of drug-likeness (QED) is 0.249. The fourth-order valence-corrected chi connectivity index (χ4v) is 4.07. The fraction of sp³-hybridized carbons (Fsp3) is 0.273. The van der Waals surface area contributed by atoms with Crippen LogP contribution in [0.15, 0.2) is 48.5 Å². The van der Waals surface area contributed by atoms with Gasteiger partial charge in [-0.2, -0.15) is 5.10 Å². The first-order valence-corrected chi connectivity index (χ1v) is 13.2. The summed E-state index contributed by atoms with van der Waals surface area (Å²) in [6, 6.07) is 16.6. The number of hydrogen-bond acceptors (Lipinski definition) is 4. The Morgan fingerprint density at radius 2 is 1.68 bits per heavy atom. The van der Waals surface area contributed by atoms with Gasteiger partial charge in [-0.15, -0.1) is 0 Å². The molecule has 6 heteroatoms. The number of aromatic nitrogens is 2. The first kappa shape index (κ1) is 18.7. The predicted molar refractivity (Wildman–Crippen MR) is 113 cm³/mol. The van der Waals surface area contributed by atoms with Crippen molar-refractivity contribution >= 4 is 14.4 Å². The van der Waals surface area contributed by atoms with Crippen LogP contribution < -0.4 is 4.74 Å². The molecule has 0 saturated carbocycles. The third-order valence-electron chi connectivity index (χ3n) is 4.83. The summed E-state index contributed by atoms with van der Waals surface area (Å²) in [4.78, 5) is 12.0. The van der Waals surface area contributed by atoms with Crippen LogP contribution in [0.25, 0.3) is 22.4 Å². The number of rotatable bonds is 6. The second kappa shape index (κ2) is 7.37. The summed E-state index contributed by atoms with van der Waals surface area (Å²) in [6.07, 6.45) is 0.860. The number of benzene rings is 2. The van der Waals surface area contributed by atoms with Crippen LogP contribution in [-0.2, 0) is 11.5 Å². The van der Waals surface area contributed by atoms with Gasteiger partial charge in [0, 0.05) is 31.4 Å². The smallest absolute Gasteiger partial charge is 0.168 e. The molecule has 0 fully saturated rings. The van der Waals surface area contributed by atoms with Crippen LogP contribution in [0.1, 0.15) is 10.5 Å². The van der Waals surface area contributed by atoms with Crippen molar-refractivity contribution < 1.29 is 14.3 Å². The van der Waals surface area contributed by atoms with E-state index in [0.29, 0.717) is 12.3 Å². The highest BCUT2D eigenvalue weighted by atomic mass is 28.3. The second-order valence-electron chi connectivity index (χ2n) is 8.17. The van der Waals surface area contributed by atoms with Crippen LogP contribution in [0.4, 0.5) is 0 Å². The van der Waals surface area contributed by atoms with Gasteiger partial charge >= 0.3 is 0 Å². The highest BCUT2D eigenvalue weighted by Crippen LogP contribution is 2.47. The minimum absolute atomic E-state index is 0.261. The van der Waals surface area contributed by atoms with Gasteiger partial charge in [-0.05, 0) is 24.2 Å². The average molecular weight is 393 g/mol. The molecule has 0 spiro atoms. The van der Waals surface area contributed by atoms with Crippen molar-refractivity contribution in [2.75, 3.05) is 6.61 Å². The monoisotopic (exact) mass is 392 g/mol. The van der Waals surface area contributed by atoms with Gasteiger partial charge in [0.2, 0.25) is 0 Å². The molecule has 0 aliphatic carbocycles. The van der Waals surface area contributed by atoms with E-state index in [1.807, 2.05) is 48.5 Å². The molecule has 0 atom stereocenters. The molecule has 0 saturated heterocycles. The van der Waals surface area contributed by atoms with Gasteiger partial charge in [0.05, 0.1) is 0 Å². The van der Waals surface area contributed by atoms with Crippen LogP contribution in [0.5, 0.6) is 11.5 Å². The summed E-state index contributed by atoms with van der Waals surface area (Å²) >= 11 is 0. The molecular formula is C22H24N2O3Si. The lowest BCUT2D eigenvalue weighted by Crippen LogP contribution is -2.22. The number of aldehydes is 1. The van der Waals surface area contributed by atoms with Crippen molar-refractivity contribution in [2.45, 2.75) is 32.4 Å². The van der Waals surface area contributed by atoms with Gasteiger partial charge in [-0.3, -0.25) is 4.79 Å². The van der Waals surface area contributed by atoms with Gasteiger partial charge in [0.1, 0.15) is 29.6 Å². The molecule has 0 bridgehead atoms. The number of carbonyl (C=O) groups is 1. The Morgan fingerprint density at radius 3 is 2.36 bits per heavy atom. The molecule has 28 heavy (non-hydrogen) atoms. The maximum Gasteiger partial charge on any atom is 0.168 e. The number of para-hydroxylation sites is 2. The molecule has 1 aromatic heterocycles. The number of carbonyl (C=O) groups excluding carboxylic acids is 1. The topological polar surface area (TPSA) is 53.4 Å². The van der Waals surface area contributed by atoms with E-state index in [9.17, 15) is 4.79 Å². The molecule has 2 heterocycles. The lowest BCUT2D eigenvalue weighted by Gasteiger charge is -2.15. The zero-order valence-corrected chi connectivity index (χ0v) is 17.4. The normalized spacial score (nSPS) is 12.4. The Morgan fingerprint density at radius 1 is 1.04 bits per heavy atom. The third kappa shape index (κ3) is 3.53. The number of nitrogens with zero attached hydrogens (tertiary/aromatic N) is 2. The van der Waals surface area contributed by atoms with Crippen molar-refractivity contribution in [1.82, 2.24) is 9.78 Å². The van der Waals surface area contributed by atoms with Crippen molar-refractivity contribution in [3.05, 3.63) is 54.2 Å². The molecule has 4 rings (SSSR count). The molecule has 144 valence electrons. The first-order chi connectivity index (χ1) is 13.5. The Bertz CT molecular complexity index is 1020. The highest BCUT2D eigenvalue weighted by Gasteiger charge is 2.27. The van der Waals surface area contributed by atoms with Crippen LogP contribution in [-0.4, -0.2) is 30.7 Å². The molecule has 0 radical (unpaired) electrons. The van der Waals surface area contributed by atoms with E-state index in [1.165, 1.54) is 0 Å². The Labute approximate surface area is 165 Å². The minimum Gasteiger partial charge on any atom is -0.456 e. The SMILES string of the molecule is C[Si](C)(C)CCOCn1nc2c(c1C=O)-c1ccccc1Oc1ccccc1-2. The standard InChI is InChI=1S/C22H24N2O3Si/c1-28(2,3)13-12-26-15-24-18(14-25)21-16-8-4-6-10-19(16)27-20-11-7-5-9-17(20)22(21)23-24/h4-11,14H,12-13,15H2,1-3H3. The van der Waals surface area contributed by atoms with E-state index < -0.39 is 8.07 Å². The van der Waals surface area contributed by atoms with Crippen LogP contribution in [0, 0.1) is 0 Å². The number of ether oxygens (including phenoxy) is 2. The molecule has 0 N–H and O–H groups in total. The van der Waals surface area contributed by atoms with Crippen LogP contribution in [0.3, 0.4) is 0 Å². The summed E-state index contributed by atoms with van der Waals surface area (Å²) in [6.45, 7) is 7.89. The van der Waals surface area contributed by atoms with Crippen molar-refractivity contribution in [2.24, 2.45) is 0 Å². The van der Waals surface area contributed by atoms with E-state index in [4.69, 9.17) is 14.6 Å². The van der Waals surface area contributed by atoms with E-state index in [1.54, 1.807) is 4.68 Å². The number of hydrogen-bond donors (Lipinski definition) is 0. The predicted octanol–water partition coefficient (Wildman–Crippen LogP) is 5.45. The summed E-state index contributed by atoms with van der Waals surface area (Å²) in [7, 11) is -1.17. The van der Waals surface area contributed by atoms with Crippen LogP contribution >= 0.6 is 0 Å². The first-order valence-electron chi connectivity index (χ1n) is 9.48. The highest BCUT2D eigenvalue weighted by molar-refractivity contribution is 6.76. The third-order valence-corrected chi connectivity index (χ3v) is 6.54. The fourth-order valence-electron chi connectivity index (χ4n) is 3.31. The molecule has 0 unspecified atom stereocenters. The van der Waals surface area contributed by atoms with Gasteiger partial charge in [-0.25, -0.2) is 4.68 Å². The van der Waals surface area contributed by atoms with E-state index in [0.717, 1.165) is 46.2 Å². The summed E-state index contributed by atoms with van der Waals surface area (Å²) in [5, 5.41) is 4.75. The van der Waals surface area contributed by atoms with Crippen molar-refractivity contribution in [3.63, 3.8) is 0 Å². The Hall–Kier alpha value is -2.70. The summed E-state index contributed by atoms with van der Waals surface area (Å²) in [5.74, 6) is 1.45. The van der Waals surface area contributed by atoms with E-state index in [-0.39, 0.29) is 6.73 Å². The zero-order valence-electron chi connectivity index (χ0n) is 16.4. The molecule has 0 amide bonds. The van der Waals surface area contributed by atoms with Gasteiger partial charge < -0.3 is 9.47 Å². The molecule has 5 nitrogen and oxygen atoms in total. The maximum atomic E-state index is 12.0. The largest absolute Gasteiger partial charge is 0.456 e. The maximum absolute atomic E-state index is 12.0. The van der Waals surface area contributed by atoms with Gasteiger partial charge in [0.25, 0.3) is 0 Å². The minimum atomic E-state index is -1.17. The lowest BCUT2D eigenvalue weighted by molar-refractivity contribution is 0.0755. The van der Waals surface area contributed by atoms with E-state index >= 15 is 0 Å². The Balaban J connectivity index is 1.78. The molecule has 3 aromatic rings. The van der Waals surface area contributed by atoms with Gasteiger partial charge in [0.15, 0.2) is 6.29 Å². The summed E-state index contributed by atoms with van der Waals surface area (Å²) < 4.78 is 13.7. The van der Waals surface area contributed by atoms with Crippen LogP contribution in [0.2, 0.25) is 25.7 Å². The number of fused-ring (bicyclic) bond motifs is 5. The zero-order chi connectivity index (χ0) is 19.7. The van der Waals surface area contributed by atoms with Crippen molar-refractivity contribution in [3.8, 4) is 33.9 Å². The van der Waals surface area contributed by atoms with Gasteiger partial charge in [-0.1, -0.05) is 50.0 Å². The molecule has 1 aliphatic rings.